The highest BCUT2D eigenvalue weighted by Gasteiger charge is 2.38. The molecule has 1 aliphatic rings. The fraction of sp³-hybridized carbons (Fsp3) is 0.545. The monoisotopic (exact) mass is 245 g/mol. The van der Waals surface area contributed by atoms with Crippen LogP contribution in [0.1, 0.15) is 18.5 Å². The molecular weight excluding hydrogens is 231 g/mol. The molecule has 0 atom stereocenters. The van der Waals surface area contributed by atoms with Gasteiger partial charge in [-0.05, 0) is 25.0 Å². The Morgan fingerprint density at radius 2 is 2.12 bits per heavy atom. The Labute approximate surface area is 97.4 Å². The molecule has 1 aromatic heterocycles. The third-order valence-corrected chi connectivity index (χ3v) is 2.65. The Morgan fingerprint density at radius 3 is 2.65 bits per heavy atom. The number of hydrogen-bond donors (Lipinski definition) is 1. The summed E-state index contributed by atoms with van der Waals surface area (Å²) >= 11 is 0. The van der Waals surface area contributed by atoms with E-state index in [1.54, 1.807) is 12.1 Å². The van der Waals surface area contributed by atoms with E-state index < -0.39 is 12.7 Å². The van der Waals surface area contributed by atoms with Gasteiger partial charge in [-0.1, -0.05) is 0 Å². The van der Waals surface area contributed by atoms with Crippen molar-refractivity contribution < 1.29 is 13.2 Å². The summed E-state index contributed by atoms with van der Waals surface area (Å²) in [4.78, 5) is 5.45. The number of nitrogen functional groups attached to an aromatic ring is 1. The van der Waals surface area contributed by atoms with Crippen molar-refractivity contribution in [2.24, 2.45) is 0 Å². The molecule has 1 fully saturated rings. The summed E-state index contributed by atoms with van der Waals surface area (Å²) in [6.07, 6.45) is -0.983. The van der Waals surface area contributed by atoms with E-state index in [-0.39, 0.29) is 12.6 Å². The van der Waals surface area contributed by atoms with Gasteiger partial charge in [-0.25, -0.2) is 0 Å². The molecule has 1 saturated carbocycles. The molecular formula is C11H14F3N3. The first-order valence-electron chi connectivity index (χ1n) is 5.45. The van der Waals surface area contributed by atoms with Gasteiger partial charge in [0.15, 0.2) is 0 Å². The summed E-state index contributed by atoms with van der Waals surface area (Å²) in [6.45, 7) is -0.677. The fourth-order valence-corrected chi connectivity index (χ4v) is 1.78. The zero-order valence-electron chi connectivity index (χ0n) is 9.24. The SMILES string of the molecule is Nc1ccnc(CN(CC(F)(F)F)C2CC2)c1. The zero-order chi connectivity index (χ0) is 12.5. The van der Waals surface area contributed by atoms with Gasteiger partial charge in [-0.2, -0.15) is 13.2 Å². The molecule has 1 heterocycles. The minimum Gasteiger partial charge on any atom is -0.399 e. The van der Waals surface area contributed by atoms with Crippen LogP contribution in [0.25, 0.3) is 0 Å². The van der Waals surface area contributed by atoms with E-state index >= 15 is 0 Å². The topological polar surface area (TPSA) is 42.1 Å². The number of halogens is 3. The van der Waals surface area contributed by atoms with Crippen LogP contribution in [0.2, 0.25) is 0 Å². The normalized spacial score (nSPS) is 16.5. The molecule has 94 valence electrons. The predicted molar refractivity (Wildman–Crippen MR) is 58.1 cm³/mol. The van der Waals surface area contributed by atoms with Crippen molar-refractivity contribution in [3.8, 4) is 0 Å². The molecule has 0 amide bonds. The molecule has 1 aromatic rings. The van der Waals surface area contributed by atoms with E-state index in [0.717, 1.165) is 12.8 Å². The van der Waals surface area contributed by atoms with E-state index in [4.69, 9.17) is 5.73 Å². The van der Waals surface area contributed by atoms with Crippen LogP contribution in [-0.4, -0.2) is 28.6 Å². The smallest absolute Gasteiger partial charge is 0.399 e. The van der Waals surface area contributed by atoms with Gasteiger partial charge in [0.05, 0.1) is 12.2 Å². The number of nitrogens with zero attached hydrogens (tertiary/aromatic N) is 2. The lowest BCUT2D eigenvalue weighted by atomic mass is 10.3. The average molecular weight is 245 g/mol. The number of nitrogens with two attached hydrogens (primary N) is 1. The molecule has 17 heavy (non-hydrogen) atoms. The molecule has 0 bridgehead atoms. The molecule has 0 unspecified atom stereocenters. The molecule has 1 aliphatic carbocycles. The van der Waals surface area contributed by atoms with Gasteiger partial charge in [0.25, 0.3) is 0 Å². The van der Waals surface area contributed by atoms with Crippen LogP contribution in [0.5, 0.6) is 0 Å². The Balaban J connectivity index is 2.02. The van der Waals surface area contributed by atoms with Crippen molar-refractivity contribution in [2.45, 2.75) is 31.6 Å². The minimum atomic E-state index is -4.16. The first-order chi connectivity index (χ1) is 7.94. The Bertz CT molecular complexity index is 388. The first kappa shape index (κ1) is 12.2. The zero-order valence-corrected chi connectivity index (χ0v) is 9.24. The summed E-state index contributed by atoms with van der Waals surface area (Å²) in [5.74, 6) is 0. The third-order valence-electron chi connectivity index (χ3n) is 2.65. The van der Waals surface area contributed by atoms with Crippen molar-refractivity contribution in [1.82, 2.24) is 9.88 Å². The van der Waals surface area contributed by atoms with Crippen LogP contribution >= 0.6 is 0 Å². The Kier molecular flexibility index (Phi) is 3.24. The van der Waals surface area contributed by atoms with Gasteiger partial charge in [0.2, 0.25) is 0 Å². The highest BCUT2D eigenvalue weighted by Crippen LogP contribution is 2.31. The number of rotatable bonds is 4. The Morgan fingerprint density at radius 1 is 1.41 bits per heavy atom. The molecule has 6 heteroatoms. The van der Waals surface area contributed by atoms with Gasteiger partial charge in [0, 0.05) is 24.5 Å². The summed E-state index contributed by atoms with van der Waals surface area (Å²) in [6, 6.07) is 3.28. The van der Waals surface area contributed by atoms with E-state index in [1.165, 1.54) is 11.1 Å². The largest absolute Gasteiger partial charge is 0.401 e. The maximum absolute atomic E-state index is 12.4. The van der Waals surface area contributed by atoms with Crippen LogP contribution in [0.15, 0.2) is 18.3 Å². The van der Waals surface area contributed by atoms with Crippen molar-refractivity contribution in [3.63, 3.8) is 0 Å². The number of hydrogen-bond acceptors (Lipinski definition) is 3. The maximum Gasteiger partial charge on any atom is 0.401 e. The second-order valence-corrected chi connectivity index (χ2v) is 4.33. The van der Waals surface area contributed by atoms with Gasteiger partial charge in [0.1, 0.15) is 0 Å². The van der Waals surface area contributed by atoms with Gasteiger partial charge >= 0.3 is 6.18 Å². The third kappa shape index (κ3) is 3.89. The van der Waals surface area contributed by atoms with Crippen molar-refractivity contribution in [2.75, 3.05) is 12.3 Å². The van der Waals surface area contributed by atoms with Crippen molar-refractivity contribution in [3.05, 3.63) is 24.0 Å². The lowest BCUT2D eigenvalue weighted by Gasteiger charge is -2.22. The molecule has 3 nitrogen and oxygen atoms in total. The lowest BCUT2D eigenvalue weighted by molar-refractivity contribution is -0.148. The Hall–Kier alpha value is -1.30. The van der Waals surface area contributed by atoms with E-state index in [9.17, 15) is 13.2 Å². The van der Waals surface area contributed by atoms with Gasteiger partial charge < -0.3 is 5.73 Å². The standard InChI is InChI=1S/C11H14F3N3/c12-11(13,14)7-17(10-1-2-10)6-9-5-8(15)3-4-16-9/h3-5,10H,1-2,6-7H2,(H2,15,16). The van der Waals surface area contributed by atoms with Crippen LogP contribution in [0.3, 0.4) is 0 Å². The number of aromatic nitrogens is 1. The molecule has 2 N–H and O–H groups in total. The van der Waals surface area contributed by atoms with Crippen molar-refractivity contribution >= 4 is 5.69 Å². The number of anilines is 1. The fourth-order valence-electron chi connectivity index (χ4n) is 1.78. The molecule has 0 aromatic carbocycles. The van der Waals surface area contributed by atoms with Crippen LogP contribution in [0, 0.1) is 0 Å². The second-order valence-electron chi connectivity index (χ2n) is 4.33. The summed E-state index contributed by atoms with van der Waals surface area (Å²) in [5.41, 5.74) is 6.68. The van der Waals surface area contributed by atoms with Crippen LogP contribution in [0.4, 0.5) is 18.9 Å². The number of pyridine rings is 1. The van der Waals surface area contributed by atoms with E-state index in [1.807, 2.05) is 0 Å². The maximum atomic E-state index is 12.4. The molecule has 2 rings (SSSR count). The van der Waals surface area contributed by atoms with Crippen LogP contribution < -0.4 is 5.73 Å². The summed E-state index contributed by atoms with van der Waals surface area (Å²) in [5, 5.41) is 0. The summed E-state index contributed by atoms with van der Waals surface area (Å²) < 4.78 is 37.2. The number of alkyl halides is 3. The minimum absolute atomic E-state index is 0.0415. The highest BCUT2D eigenvalue weighted by atomic mass is 19.4. The molecule has 0 spiro atoms. The summed E-state index contributed by atoms with van der Waals surface area (Å²) in [7, 11) is 0. The van der Waals surface area contributed by atoms with Crippen LogP contribution in [-0.2, 0) is 6.54 Å². The second kappa shape index (κ2) is 4.52. The van der Waals surface area contributed by atoms with Gasteiger partial charge in [-0.3, -0.25) is 9.88 Å². The van der Waals surface area contributed by atoms with Crippen molar-refractivity contribution in [1.29, 1.82) is 0 Å². The molecule has 0 saturated heterocycles. The lowest BCUT2D eigenvalue weighted by Crippen LogP contribution is -2.35. The van der Waals surface area contributed by atoms with E-state index in [2.05, 4.69) is 4.98 Å². The first-order valence-corrected chi connectivity index (χ1v) is 5.45. The average Bonchev–Trinajstić information content (AvgIpc) is 2.97. The van der Waals surface area contributed by atoms with E-state index in [0.29, 0.717) is 11.4 Å². The predicted octanol–water partition coefficient (Wildman–Crippen LogP) is 2.19. The molecule has 0 radical (unpaired) electrons. The van der Waals surface area contributed by atoms with Gasteiger partial charge in [-0.15, -0.1) is 0 Å². The highest BCUT2D eigenvalue weighted by molar-refractivity contribution is 5.37. The quantitative estimate of drug-likeness (QED) is 0.884. The molecule has 0 aliphatic heterocycles.